The van der Waals surface area contributed by atoms with E-state index < -0.39 is 0 Å². The predicted octanol–water partition coefficient (Wildman–Crippen LogP) is 1.82. The van der Waals surface area contributed by atoms with Crippen molar-refractivity contribution < 1.29 is 0 Å². The summed E-state index contributed by atoms with van der Waals surface area (Å²) in [5, 5.41) is 5.74. The number of nitrogens with zero attached hydrogens (tertiary/aromatic N) is 2. The first-order valence-corrected chi connectivity index (χ1v) is 5.46. The van der Waals surface area contributed by atoms with Crippen molar-refractivity contribution in [2.45, 2.75) is 18.9 Å². The minimum absolute atomic E-state index is 0.544. The fourth-order valence-electron chi connectivity index (χ4n) is 1.93. The summed E-state index contributed by atoms with van der Waals surface area (Å²) in [5.41, 5.74) is 1.37. The van der Waals surface area contributed by atoms with E-state index in [0.29, 0.717) is 6.04 Å². The van der Waals surface area contributed by atoms with Crippen molar-refractivity contribution in [3.05, 3.63) is 23.6 Å². The lowest BCUT2D eigenvalue weighted by molar-refractivity contribution is 0.623. The van der Waals surface area contributed by atoms with Gasteiger partial charge >= 0.3 is 0 Å². The van der Waals surface area contributed by atoms with E-state index in [1.54, 1.807) is 11.3 Å². The van der Waals surface area contributed by atoms with Gasteiger partial charge in [-0.2, -0.15) is 0 Å². The molecule has 1 saturated heterocycles. The molecular formula is C9H11N3S. The van der Waals surface area contributed by atoms with Crippen molar-refractivity contribution in [2.75, 3.05) is 6.54 Å². The summed E-state index contributed by atoms with van der Waals surface area (Å²) in [6.45, 7) is 1.15. The molecule has 1 fully saturated rings. The molecule has 13 heavy (non-hydrogen) atoms. The van der Waals surface area contributed by atoms with Crippen molar-refractivity contribution in [3.63, 3.8) is 0 Å². The van der Waals surface area contributed by atoms with Crippen molar-refractivity contribution in [2.24, 2.45) is 0 Å². The van der Waals surface area contributed by atoms with Crippen LogP contribution < -0.4 is 5.32 Å². The third kappa shape index (κ3) is 1.09. The van der Waals surface area contributed by atoms with Gasteiger partial charge in [0, 0.05) is 11.4 Å². The normalized spacial score (nSPS) is 22.9. The van der Waals surface area contributed by atoms with E-state index in [9.17, 15) is 0 Å². The zero-order chi connectivity index (χ0) is 8.67. The molecule has 1 atom stereocenters. The Morgan fingerprint density at radius 1 is 1.62 bits per heavy atom. The van der Waals surface area contributed by atoms with Gasteiger partial charge in [0.15, 0.2) is 0 Å². The summed E-state index contributed by atoms with van der Waals surface area (Å²) >= 11 is 1.77. The Kier molecular flexibility index (Phi) is 1.63. The quantitative estimate of drug-likeness (QED) is 0.748. The molecule has 2 aromatic heterocycles. The van der Waals surface area contributed by atoms with Gasteiger partial charge in [0.25, 0.3) is 0 Å². The fraction of sp³-hybridized carbons (Fsp3) is 0.444. The monoisotopic (exact) mass is 193 g/mol. The van der Waals surface area contributed by atoms with E-state index in [-0.39, 0.29) is 0 Å². The van der Waals surface area contributed by atoms with Crippen LogP contribution in [0.4, 0.5) is 0 Å². The number of nitrogens with one attached hydrogen (secondary N) is 1. The van der Waals surface area contributed by atoms with Gasteiger partial charge in [-0.05, 0) is 19.4 Å². The van der Waals surface area contributed by atoms with E-state index in [4.69, 9.17) is 0 Å². The fourth-order valence-corrected chi connectivity index (χ4v) is 2.84. The second-order valence-electron chi connectivity index (χ2n) is 3.41. The van der Waals surface area contributed by atoms with Gasteiger partial charge < -0.3 is 5.32 Å². The van der Waals surface area contributed by atoms with Gasteiger partial charge in [0.1, 0.15) is 11.2 Å². The van der Waals surface area contributed by atoms with E-state index in [2.05, 4.69) is 20.1 Å². The molecular weight excluding hydrogens is 182 g/mol. The highest BCUT2D eigenvalue weighted by molar-refractivity contribution is 7.15. The second-order valence-corrected chi connectivity index (χ2v) is 4.30. The topological polar surface area (TPSA) is 29.3 Å². The maximum Gasteiger partial charge on any atom is 0.119 e. The Bertz CT molecular complexity index is 411. The van der Waals surface area contributed by atoms with Gasteiger partial charge in [-0.15, -0.1) is 11.3 Å². The van der Waals surface area contributed by atoms with Crippen molar-refractivity contribution >= 4 is 16.2 Å². The molecule has 1 unspecified atom stereocenters. The highest BCUT2D eigenvalue weighted by atomic mass is 32.1. The molecule has 0 aliphatic carbocycles. The Labute approximate surface area is 80.4 Å². The maximum atomic E-state index is 4.14. The lowest BCUT2D eigenvalue weighted by Gasteiger charge is -2.07. The minimum Gasteiger partial charge on any atom is -0.309 e. The molecule has 3 rings (SSSR count). The van der Waals surface area contributed by atoms with E-state index in [1.165, 1.54) is 23.4 Å². The number of hydrogen-bond acceptors (Lipinski definition) is 3. The van der Waals surface area contributed by atoms with Crippen LogP contribution in [0.1, 0.15) is 24.6 Å². The van der Waals surface area contributed by atoms with Gasteiger partial charge in [0.05, 0.1) is 11.9 Å². The Morgan fingerprint density at radius 2 is 2.62 bits per heavy atom. The molecule has 1 aliphatic heterocycles. The first-order chi connectivity index (χ1) is 6.45. The van der Waals surface area contributed by atoms with Crippen molar-refractivity contribution in [1.82, 2.24) is 14.7 Å². The first-order valence-electron chi connectivity index (χ1n) is 4.58. The Morgan fingerprint density at radius 3 is 3.46 bits per heavy atom. The average molecular weight is 193 g/mol. The number of aromatic nitrogens is 2. The summed E-state index contributed by atoms with van der Waals surface area (Å²) in [5.74, 6) is 0. The van der Waals surface area contributed by atoms with Crippen LogP contribution in [0, 0.1) is 0 Å². The van der Waals surface area contributed by atoms with Crippen molar-refractivity contribution in [3.8, 4) is 0 Å². The lowest BCUT2D eigenvalue weighted by Crippen LogP contribution is -2.14. The van der Waals surface area contributed by atoms with Crippen LogP contribution >= 0.6 is 11.3 Å². The molecule has 3 heterocycles. The van der Waals surface area contributed by atoms with Crippen LogP contribution in [-0.4, -0.2) is 15.9 Å². The standard InChI is InChI=1S/C9H11N3S/c1-2-7(11-3-1)8-5-13-9-4-10-6-12(8)9/h4-7,11H,1-3H2. The van der Waals surface area contributed by atoms with Crippen LogP contribution in [-0.2, 0) is 0 Å². The van der Waals surface area contributed by atoms with Crippen LogP contribution in [0.15, 0.2) is 17.9 Å². The van der Waals surface area contributed by atoms with Gasteiger partial charge in [-0.3, -0.25) is 4.40 Å². The smallest absolute Gasteiger partial charge is 0.119 e. The molecule has 68 valence electrons. The molecule has 0 aromatic carbocycles. The molecule has 0 radical (unpaired) electrons. The molecule has 2 aromatic rings. The zero-order valence-corrected chi connectivity index (χ0v) is 8.05. The van der Waals surface area contributed by atoms with Gasteiger partial charge in [-0.25, -0.2) is 4.98 Å². The van der Waals surface area contributed by atoms with Crippen LogP contribution in [0.5, 0.6) is 0 Å². The molecule has 4 heteroatoms. The predicted molar refractivity (Wildman–Crippen MR) is 53.0 cm³/mol. The zero-order valence-electron chi connectivity index (χ0n) is 7.23. The van der Waals surface area contributed by atoms with E-state index >= 15 is 0 Å². The van der Waals surface area contributed by atoms with Crippen molar-refractivity contribution in [1.29, 1.82) is 0 Å². The van der Waals surface area contributed by atoms with E-state index in [1.807, 2.05) is 12.5 Å². The summed E-state index contributed by atoms with van der Waals surface area (Å²) in [6.07, 6.45) is 6.37. The van der Waals surface area contributed by atoms with Crippen LogP contribution in [0.3, 0.4) is 0 Å². The highest BCUT2D eigenvalue weighted by Crippen LogP contribution is 2.27. The molecule has 0 saturated carbocycles. The molecule has 1 aliphatic rings. The summed E-state index contributed by atoms with van der Waals surface area (Å²) < 4.78 is 2.19. The van der Waals surface area contributed by atoms with Crippen LogP contribution in [0.25, 0.3) is 4.83 Å². The molecule has 3 nitrogen and oxygen atoms in total. The number of rotatable bonds is 1. The molecule has 0 amide bonds. The van der Waals surface area contributed by atoms with E-state index in [0.717, 1.165) is 6.54 Å². The summed E-state index contributed by atoms with van der Waals surface area (Å²) in [6, 6.07) is 0.544. The third-order valence-corrected chi connectivity index (χ3v) is 3.50. The summed E-state index contributed by atoms with van der Waals surface area (Å²) in [7, 11) is 0. The molecule has 0 bridgehead atoms. The SMILES string of the molecule is c1sc2cncn2c1C1CCCN1. The summed E-state index contributed by atoms with van der Waals surface area (Å²) in [4.78, 5) is 5.38. The Balaban J connectivity index is 2.09. The Hall–Kier alpha value is -0.870. The van der Waals surface area contributed by atoms with Gasteiger partial charge in [0.2, 0.25) is 0 Å². The number of imidazole rings is 1. The molecule has 1 N–H and O–H groups in total. The number of thiazole rings is 1. The number of hydrogen-bond donors (Lipinski definition) is 1. The minimum atomic E-state index is 0.544. The molecule has 0 spiro atoms. The average Bonchev–Trinajstić information content (AvgIpc) is 2.79. The highest BCUT2D eigenvalue weighted by Gasteiger charge is 2.19. The lowest BCUT2D eigenvalue weighted by atomic mass is 10.2. The third-order valence-electron chi connectivity index (χ3n) is 2.60. The number of fused-ring (bicyclic) bond motifs is 1. The van der Waals surface area contributed by atoms with Crippen LogP contribution in [0.2, 0.25) is 0 Å². The largest absolute Gasteiger partial charge is 0.309 e. The second kappa shape index (κ2) is 2.82. The first kappa shape index (κ1) is 7.53. The van der Waals surface area contributed by atoms with Gasteiger partial charge in [-0.1, -0.05) is 0 Å². The maximum absolute atomic E-state index is 4.14.